The van der Waals surface area contributed by atoms with Gasteiger partial charge in [0.1, 0.15) is 11.8 Å². The van der Waals surface area contributed by atoms with Gasteiger partial charge in [-0.05, 0) is 43.0 Å². The minimum absolute atomic E-state index is 0.0599. The molecule has 0 unspecified atom stereocenters. The molecule has 1 aliphatic rings. The molecule has 1 aliphatic carbocycles. The smallest absolute Gasteiger partial charge is 0.242 e. The predicted octanol–water partition coefficient (Wildman–Crippen LogP) is 4.10. The molecular formula is C25H32N2O3. The van der Waals surface area contributed by atoms with Crippen molar-refractivity contribution in [1.29, 1.82) is 0 Å². The molecule has 0 spiro atoms. The van der Waals surface area contributed by atoms with Gasteiger partial charge in [0.2, 0.25) is 11.8 Å². The third-order valence-electron chi connectivity index (χ3n) is 5.80. The molecule has 1 saturated carbocycles. The Hall–Kier alpha value is -2.82. The Morgan fingerprint density at radius 3 is 2.43 bits per heavy atom. The number of ether oxygens (including phenoxy) is 1. The van der Waals surface area contributed by atoms with Gasteiger partial charge in [-0.3, -0.25) is 9.59 Å². The van der Waals surface area contributed by atoms with E-state index in [2.05, 4.69) is 5.32 Å². The van der Waals surface area contributed by atoms with Crippen LogP contribution >= 0.6 is 0 Å². The molecule has 0 bridgehead atoms. The molecule has 2 aromatic rings. The van der Waals surface area contributed by atoms with Gasteiger partial charge in [-0.1, -0.05) is 61.7 Å². The van der Waals surface area contributed by atoms with Crippen molar-refractivity contribution in [2.45, 2.75) is 64.1 Å². The van der Waals surface area contributed by atoms with Crippen molar-refractivity contribution in [3.63, 3.8) is 0 Å². The van der Waals surface area contributed by atoms with Gasteiger partial charge in [-0.25, -0.2) is 0 Å². The third-order valence-corrected chi connectivity index (χ3v) is 5.80. The highest BCUT2D eigenvalue weighted by Gasteiger charge is 2.28. The highest BCUT2D eigenvalue weighted by molar-refractivity contribution is 5.88. The maximum absolute atomic E-state index is 13.2. The van der Waals surface area contributed by atoms with Gasteiger partial charge in [0.05, 0.1) is 13.5 Å². The van der Waals surface area contributed by atoms with E-state index >= 15 is 0 Å². The number of carbonyl (C=O) groups excluding carboxylic acids is 2. The van der Waals surface area contributed by atoms with E-state index in [1.54, 1.807) is 12.0 Å². The summed E-state index contributed by atoms with van der Waals surface area (Å²) in [5, 5.41) is 3.17. The van der Waals surface area contributed by atoms with Gasteiger partial charge < -0.3 is 15.0 Å². The molecule has 1 atom stereocenters. The van der Waals surface area contributed by atoms with Crippen LogP contribution in [-0.2, 0) is 22.6 Å². The highest BCUT2D eigenvalue weighted by Crippen LogP contribution is 2.20. The fourth-order valence-electron chi connectivity index (χ4n) is 3.99. The number of hydrogen-bond acceptors (Lipinski definition) is 3. The topological polar surface area (TPSA) is 58.6 Å². The van der Waals surface area contributed by atoms with Crippen LogP contribution in [0.15, 0.2) is 54.6 Å². The predicted molar refractivity (Wildman–Crippen MR) is 118 cm³/mol. The van der Waals surface area contributed by atoms with Crippen molar-refractivity contribution in [3.05, 3.63) is 65.7 Å². The first-order valence-corrected chi connectivity index (χ1v) is 10.8. The quantitative estimate of drug-likeness (QED) is 0.715. The molecule has 0 saturated heterocycles. The summed E-state index contributed by atoms with van der Waals surface area (Å²) in [6, 6.07) is 17.0. The van der Waals surface area contributed by atoms with E-state index in [1.165, 1.54) is 6.42 Å². The lowest BCUT2D eigenvalue weighted by Crippen LogP contribution is -2.50. The van der Waals surface area contributed by atoms with E-state index in [1.807, 2.05) is 61.5 Å². The van der Waals surface area contributed by atoms with Crippen molar-refractivity contribution in [2.24, 2.45) is 0 Å². The molecule has 2 aromatic carbocycles. The Morgan fingerprint density at radius 2 is 1.73 bits per heavy atom. The Kier molecular flexibility index (Phi) is 7.89. The lowest BCUT2D eigenvalue weighted by molar-refractivity contribution is -0.140. The first-order chi connectivity index (χ1) is 14.6. The van der Waals surface area contributed by atoms with Crippen LogP contribution in [-0.4, -0.2) is 35.9 Å². The van der Waals surface area contributed by atoms with Crippen LogP contribution < -0.4 is 10.1 Å². The summed E-state index contributed by atoms with van der Waals surface area (Å²) >= 11 is 0. The maximum Gasteiger partial charge on any atom is 0.242 e. The summed E-state index contributed by atoms with van der Waals surface area (Å²) < 4.78 is 5.32. The molecule has 3 rings (SSSR count). The first-order valence-electron chi connectivity index (χ1n) is 10.8. The van der Waals surface area contributed by atoms with Crippen molar-refractivity contribution in [1.82, 2.24) is 10.2 Å². The zero-order valence-corrected chi connectivity index (χ0v) is 18.0. The largest absolute Gasteiger partial charge is 0.497 e. The van der Waals surface area contributed by atoms with Crippen LogP contribution in [0, 0.1) is 0 Å². The molecule has 160 valence electrons. The van der Waals surface area contributed by atoms with Crippen molar-refractivity contribution < 1.29 is 14.3 Å². The second-order valence-electron chi connectivity index (χ2n) is 8.06. The number of nitrogens with one attached hydrogen (secondary N) is 1. The molecule has 0 radical (unpaired) electrons. The van der Waals surface area contributed by atoms with Gasteiger partial charge in [-0.15, -0.1) is 0 Å². The van der Waals surface area contributed by atoms with Gasteiger partial charge in [0.25, 0.3) is 0 Å². The van der Waals surface area contributed by atoms with Gasteiger partial charge in [-0.2, -0.15) is 0 Å². The zero-order chi connectivity index (χ0) is 21.3. The molecule has 30 heavy (non-hydrogen) atoms. The number of nitrogens with zero attached hydrogens (tertiary/aromatic N) is 1. The summed E-state index contributed by atoms with van der Waals surface area (Å²) in [6.07, 6.45) is 5.85. The summed E-state index contributed by atoms with van der Waals surface area (Å²) in [7, 11) is 1.62. The van der Waals surface area contributed by atoms with E-state index in [0.717, 1.165) is 42.6 Å². The Labute approximate surface area is 179 Å². The Morgan fingerprint density at radius 1 is 1.03 bits per heavy atom. The second-order valence-corrected chi connectivity index (χ2v) is 8.06. The molecule has 0 heterocycles. The van der Waals surface area contributed by atoms with Gasteiger partial charge in [0, 0.05) is 12.6 Å². The van der Waals surface area contributed by atoms with Crippen LogP contribution in [0.2, 0.25) is 0 Å². The number of amides is 2. The van der Waals surface area contributed by atoms with E-state index in [-0.39, 0.29) is 24.3 Å². The average Bonchev–Trinajstić information content (AvgIpc) is 2.78. The highest BCUT2D eigenvalue weighted by atomic mass is 16.5. The van der Waals surface area contributed by atoms with Gasteiger partial charge >= 0.3 is 0 Å². The fourth-order valence-corrected chi connectivity index (χ4v) is 3.99. The van der Waals surface area contributed by atoms with E-state index in [0.29, 0.717) is 6.54 Å². The monoisotopic (exact) mass is 408 g/mol. The molecule has 5 heteroatoms. The third kappa shape index (κ3) is 6.09. The molecular weight excluding hydrogens is 376 g/mol. The molecule has 1 N–H and O–H groups in total. The van der Waals surface area contributed by atoms with Crippen LogP contribution in [0.3, 0.4) is 0 Å². The lowest BCUT2D eigenvalue weighted by atomic mass is 9.95. The number of methoxy groups -OCH3 is 1. The number of rotatable bonds is 8. The maximum atomic E-state index is 13.2. The second kappa shape index (κ2) is 10.8. The molecule has 0 aromatic heterocycles. The van der Waals surface area contributed by atoms with Crippen molar-refractivity contribution in [3.8, 4) is 5.75 Å². The minimum atomic E-state index is -0.547. The molecule has 1 fully saturated rings. The lowest BCUT2D eigenvalue weighted by Gasteiger charge is -2.31. The number of carbonyl (C=O) groups is 2. The Balaban J connectivity index is 1.76. The van der Waals surface area contributed by atoms with Crippen molar-refractivity contribution >= 4 is 11.8 Å². The summed E-state index contributed by atoms with van der Waals surface area (Å²) in [6.45, 7) is 2.18. The van der Waals surface area contributed by atoms with Crippen LogP contribution in [0.1, 0.15) is 50.2 Å². The van der Waals surface area contributed by atoms with E-state index < -0.39 is 6.04 Å². The van der Waals surface area contributed by atoms with Crippen molar-refractivity contribution in [2.75, 3.05) is 7.11 Å². The SMILES string of the molecule is COc1cccc(CN(C(=O)Cc2ccccc2)[C@H](C)C(=O)NC2CCCCC2)c1. The molecule has 0 aliphatic heterocycles. The fraction of sp³-hybridized carbons (Fsp3) is 0.440. The zero-order valence-electron chi connectivity index (χ0n) is 18.0. The van der Waals surface area contributed by atoms with Crippen LogP contribution in [0.5, 0.6) is 5.75 Å². The summed E-state index contributed by atoms with van der Waals surface area (Å²) in [5.41, 5.74) is 1.88. The minimum Gasteiger partial charge on any atom is -0.497 e. The number of hydrogen-bond donors (Lipinski definition) is 1. The first kappa shape index (κ1) is 21.9. The van der Waals surface area contributed by atoms with Crippen LogP contribution in [0.4, 0.5) is 0 Å². The van der Waals surface area contributed by atoms with E-state index in [9.17, 15) is 9.59 Å². The molecule has 5 nitrogen and oxygen atoms in total. The van der Waals surface area contributed by atoms with E-state index in [4.69, 9.17) is 4.74 Å². The normalized spacial score (nSPS) is 15.3. The van der Waals surface area contributed by atoms with Crippen LogP contribution in [0.25, 0.3) is 0 Å². The summed E-state index contributed by atoms with van der Waals surface area (Å²) in [4.78, 5) is 27.9. The Bertz CT molecular complexity index is 831. The summed E-state index contributed by atoms with van der Waals surface area (Å²) in [5.74, 6) is 0.601. The molecule has 2 amide bonds. The number of benzene rings is 2. The average molecular weight is 409 g/mol. The van der Waals surface area contributed by atoms with Gasteiger partial charge in [0.15, 0.2) is 0 Å². The standard InChI is InChI=1S/C25H32N2O3/c1-19(25(29)26-22-13-7-4-8-14-22)27(18-21-12-9-15-23(16-21)30-2)24(28)17-20-10-5-3-6-11-20/h3,5-6,9-12,15-16,19,22H,4,7-8,13-14,17-18H2,1-2H3,(H,26,29)/t19-/m1/s1.